The van der Waals surface area contributed by atoms with E-state index in [1.54, 1.807) is 11.3 Å². The van der Waals surface area contributed by atoms with E-state index in [9.17, 15) is 9.90 Å². The van der Waals surface area contributed by atoms with Crippen LogP contribution in [0.5, 0.6) is 0 Å². The van der Waals surface area contributed by atoms with Crippen molar-refractivity contribution in [2.24, 2.45) is 0 Å². The molecule has 3 N–H and O–H groups in total. The van der Waals surface area contributed by atoms with Crippen LogP contribution in [0.4, 0.5) is 5.00 Å². The van der Waals surface area contributed by atoms with Gasteiger partial charge in [-0.2, -0.15) is 0 Å². The van der Waals surface area contributed by atoms with Gasteiger partial charge in [0.05, 0.1) is 31.1 Å². The number of carbonyl (C=O) groups excluding carboxylic acids is 1. The van der Waals surface area contributed by atoms with Gasteiger partial charge in [0.2, 0.25) is 5.91 Å². The Morgan fingerprint density at radius 1 is 1.25 bits per heavy atom. The van der Waals surface area contributed by atoms with Crippen molar-refractivity contribution in [3.63, 3.8) is 0 Å². The number of anilines is 1. The quantitative estimate of drug-likeness (QED) is 0.598. The molecule has 0 bridgehead atoms. The molecule has 0 radical (unpaired) electrons. The van der Waals surface area contributed by atoms with Crippen molar-refractivity contribution in [2.75, 3.05) is 25.0 Å². The number of aliphatic hydroxyl groups is 1. The fourth-order valence-electron chi connectivity index (χ4n) is 3.79. The van der Waals surface area contributed by atoms with Crippen LogP contribution in [0.15, 0.2) is 36.4 Å². The second-order valence-corrected chi connectivity index (χ2v) is 9.56. The van der Waals surface area contributed by atoms with Crippen molar-refractivity contribution in [3.8, 4) is 0 Å². The number of thiophene rings is 1. The third-order valence-electron chi connectivity index (χ3n) is 5.42. The molecule has 2 aliphatic rings. The van der Waals surface area contributed by atoms with Crippen LogP contribution in [-0.4, -0.2) is 46.6 Å². The summed E-state index contributed by atoms with van der Waals surface area (Å²) in [5.74, 6) is 0.389. The Morgan fingerprint density at radius 3 is 2.89 bits per heavy atom. The monoisotopic (exact) mass is 414 g/mol. The number of hydrogen-bond donors (Lipinski definition) is 3. The number of nitrogens with one attached hydrogen (secondary N) is 2. The Kier molecular flexibility index (Phi) is 4.90. The topological polar surface area (TPSA) is 77.5 Å². The Morgan fingerprint density at radius 2 is 2.11 bits per heavy atom. The zero-order valence-corrected chi connectivity index (χ0v) is 16.9. The normalized spacial score (nSPS) is 21.7. The molecule has 1 amide bonds. The van der Waals surface area contributed by atoms with Gasteiger partial charge in [0.25, 0.3) is 0 Å². The van der Waals surface area contributed by atoms with E-state index in [0.29, 0.717) is 5.92 Å². The van der Waals surface area contributed by atoms with E-state index < -0.39 is 6.23 Å². The number of hydrogen-bond acceptors (Lipinski definition) is 7. The zero-order chi connectivity index (χ0) is 19.1. The Hall–Kier alpha value is -1.84. The van der Waals surface area contributed by atoms with E-state index in [2.05, 4.69) is 16.7 Å². The number of likely N-dealkylation sites (tertiary alicyclic amines) is 1. The molecule has 2 saturated heterocycles. The average molecular weight is 415 g/mol. The predicted octanol–water partition coefficient (Wildman–Crippen LogP) is 3.14. The van der Waals surface area contributed by atoms with Crippen LogP contribution >= 0.6 is 22.7 Å². The van der Waals surface area contributed by atoms with Crippen molar-refractivity contribution in [3.05, 3.63) is 46.3 Å². The summed E-state index contributed by atoms with van der Waals surface area (Å²) in [6, 6.07) is 11.9. The highest BCUT2D eigenvalue weighted by Crippen LogP contribution is 2.38. The maximum atomic E-state index is 12.2. The van der Waals surface area contributed by atoms with Crippen molar-refractivity contribution in [1.82, 2.24) is 15.2 Å². The van der Waals surface area contributed by atoms with E-state index in [0.717, 1.165) is 52.9 Å². The number of amides is 1. The van der Waals surface area contributed by atoms with Crippen LogP contribution in [0, 0.1) is 0 Å². The van der Waals surface area contributed by atoms with Crippen LogP contribution < -0.4 is 10.6 Å². The lowest BCUT2D eigenvalue weighted by Crippen LogP contribution is -2.46. The number of benzene rings is 1. The molecule has 0 spiro atoms. The first-order valence-electron chi connectivity index (χ1n) is 9.59. The van der Waals surface area contributed by atoms with E-state index >= 15 is 0 Å². The van der Waals surface area contributed by atoms with Gasteiger partial charge in [-0.1, -0.05) is 12.1 Å². The van der Waals surface area contributed by atoms with Crippen LogP contribution in [0.2, 0.25) is 0 Å². The molecule has 2 aromatic heterocycles. The average Bonchev–Trinajstić information content (AvgIpc) is 3.40. The molecule has 8 heteroatoms. The van der Waals surface area contributed by atoms with E-state index in [1.165, 1.54) is 16.0 Å². The van der Waals surface area contributed by atoms with Gasteiger partial charge in [-0.3, -0.25) is 9.69 Å². The lowest BCUT2D eigenvalue weighted by Gasteiger charge is -2.40. The summed E-state index contributed by atoms with van der Waals surface area (Å²) in [5, 5.41) is 18.8. The zero-order valence-electron chi connectivity index (χ0n) is 15.3. The molecule has 5 rings (SSSR count). The van der Waals surface area contributed by atoms with Crippen molar-refractivity contribution in [2.45, 2.75) is 31.0 Å². The number of aromatic nitrogens is 1. The molecule has 3 aromatic rings. The van der Waals surface area contributed by atoms with E-state index in [-0.39, 0.29) is 11.9 Å². The van der Waals surface area contributed by atoms with Gasteiger partial charge in [0, 0.05) is 19.0 Å². The van der Waals surface area contributed by atoms with Gasteiger partial charge in [-0.25, -0.2) is 4.98 Å². The maximum Gasteiger partial charge on any atom is 0.242 e. The van der Waals surface area contributed by atoms with Crippen LogP contribution in [-0.2, 0) is 4.79 Å². The number of aliphatic hydroxyl groups excluding tert-OH is 1. The minimum Gasteiger partial charge on any atom is -0.373 e. The van der Waals surface area contributed by atoms with Gasteiger partial charge in [0.15, 0.2) is 0 Å². The minimum absolute atomic E-state index is 0.0141. The molecule has 2 aliphatic heterocycles. The van der Waals surface area contributed by atoms with Gasteiger partial charge in [-0.05, 0) is 43.7 Å². The van der Waals surface area contributed by atoms with Crippen LogP contribution in [0.1, 0.15) is 34.9 Å². The largest absolute Gasteiger partial charge is 0.373 e. The standard InChI is InChI=1S/C20H22N4O2S2/c25-18(14-5-3-9-21-14)23-17-8-7-16(27-17)20(26)24-10-12(11-24)19-22-13-4-1-2-6-15(13)28-19/h1-2,4,6-8,12,14,20-21,26H,3,5,9-11H2,(H,23,25)/t14-,20?/m0/s1. The predicted molar refractivity (Wildman–Crippen MR) is 113 cm³/mol. The molecule has 1 unspecified atom stereocenters. The summed E-state index contributed by atoms with van der Waals surface area (Å²) < 4.78 is 1.21. The highest BCUT2D eigenvalue weighted by Gasteiger charge is 2.35. The van der Waals surface area contributed by atoms with Crippen LogP contribution in [0.3, 0.4) is 0 Å². The maximum absolute atomic E-state index is 12.2. The van der Waals surface area contributed by atoms with Crippen molar-refractivity contribution < 1.29 is 9.90 Å². The molecule has 28 heavy (non-hydrogen) atoms. The fraction of sp³-hybridized carbons (Fsp3) is 0.400. The molecule has 146 valence electrons. The van der Waals surface area contributed by atoms with Gasteiger partial charge >= 0.3 is 0 Å². The van der Waals surface area contributed by atoms with Crippen LogP contribution in [0.25, 0.3) is 10.2 Å². The number of nitrogens with zero attached hydrogens (tertiary/aromatic N) is 2. The van der Waals surface area contributed by atoms with E-state index in [1.807, 2.05) is 35.2 Å². The lowest BCUT2D eigenvalue weighted by molar-refractivity contribution is -0.117. The van der Waals surface area contributed by atoms with Crippen molar-refractivity contribution >= 4 is 43.8 Å². The molecular formula is C20H22N4O2S2. The molecule has 6 nitrogen and oxygen atoms in total. The first-order chi connectivity index (χ1) is 13.7. The summed E-state index contributed by atoms with van der Waals surface area (Å²) in [6.07, 6.45) is 1.29. The molecule has 1 aromatic carbocycles. The summed E-state index contributed by atoms with van der Waals surface area (Å²) in [5.41, 5.74) is 1.05. The highest BCUT2D eigenvalue weighted by molar-refractivity contribution is 7.18. The van der Waals surface area contributed by atoms with Crippen molar-refractivity contribution in [1.29, 1.82) is 0 Å². The number of para-hydroxylation sites is 1. The number of fused-ring (bicyclic) bond motifs is 1. The summed E-state index contributed by atoms with van der Waals surface area (Å²) in [7, 11) is 0. The second kappa shape index (κ2) is 7.53. The Balaban J connectivity index is 1.19. The molecule has 4 heterocycles. The third kappa shape index (κ3) is 3.46. The number of rotatable bonds is 5. The highest BCUT2D eigenvalue weighted by atomic mass is 32.1. The molecule has 0 saturated carbocycles. The number of carbonyl (C=O) groups is 1. The SMILES string of the molecule is O=C(Nc1ccc(C(O)N2CC(c3nc4ccccc4s3)C2)s1)[C@@H]1CCCN1. The van der Waals surface area contributed by atoms with Gasteiger partial charge in [0.1, 0.15) is 6.23 Å². The summed E-state index contributed by atoms with van der Waals surface area (Å²) >= 11 is 3.19. The Bertz CT molecular complexity index is 956. The first kappa shape index (κ1) is 18.2. The lowest BCUT2D eigenvalue weighted by atomic mass is 10.0. The second-order valence-electron chi connectivity index (χ2n) is 7.38. The smallest absolute Gasteiger partial charge is 0.242 e. The Labute approximate surface area is 171 Å². The minimum atomic E-state index is -0.633. The first-order valence-corrected chi connectivity index (χ1v) is 11.2. The molecule has 2 atom stereocenters. The van der Waals surface area contributed by atoms with Gasteiger partial charge in [-0.15, -0.1) is 22.7 Å². The fourth-order valence-corrected chi connectivity index (χ4v) is 5.77. The van der Waals surface area contributed by atoms with E-state index in [4.69, 9.17) is 4.98 Å². The third-order valence-corrected chi connectivity index (χ3v) is 7.66. The number of thiazole rings is 1. The molecule has 0 aliphatic carbocycles. The van der Waals surface area contributed by atoms with Gasteiger partial charge < -0.3 is 15.7 Å². The molecular weight excluding hydrogens is 392 g/mol. The summed E-state index contributed by atoms with van der Waals surface area (Å²) in [6.45, 7) is 2.50. The molecule has 2 fully saturated rings. The summed E-state index contributed by atoms with van der Waals surface area (Å²) in [4.78, 5) is 19.9.